The Kier molecular flexibility index (Phi) is 6.23. The fraction of sp³-hybridized carbons (Fsp3) is 0.600. The summed E-state index contributed by atoms with van der Waals surface area (Å²) in [5.74, 6) is -0.212. The fourth-order valence-electron chi connectivity index (χ4n) is 2.73. The van der Waals surface area contributed by atoms with Gasteiger partial charge >= 0.3 is 5.97 Å². The van der Waals surface area contributed by atoms with E-state index in [4.69, 9.17) is 5.11 Å². The maximum absolute atomic E-state index is 12.3. The molecule has 0 aromatic carbocycles. The first-order chi connectivity index (χ1) is 10.0. The first kappa shape index (κ1) is 16.5. The van der Waals surface area contributed by atoms with Gasteiger partial charge in [0.05, 0.1) is 0 Å². The van der Waals surface area contributed by atoms with E-state index in [2.05, 4.69) is 22.0 Å². The number of hydrogen-bond acceptors (Lipinski definition) is 3. The molecule has 1 aliphatic rings. The maximum Gasteiger partial charge on any atom is 0.303 e. The molecule has 1 aromatic heterocycles. The summed E-state index contributed by atoms with van der Waals surface area (Å²) in [5.41, 5.74) is 0. The number of carbonyl (C=O) groups is 2. The van der Waals surface area contributed by atoms with Crippen LogP contribution in [0.3, 0.4) is 0 Å². The van der Waals surface area contributed by atoms with Gasteiger partial charge in [-0.3, -0.25) is 9.59 Å². The van der Waals surface area contributed by atoms with Gasteiger partial charge in [-0.15, -0.1) is 11.3 Å². The predicted octanol–water partition coefficient (Wildman–Crippen LogP) is 3.55. The first-order valence-electron chi connectivity index (χ1n) is 7.27. The number of carboxylic acid groups (broad SMARTS) is 1. The zero-order chi connectivity index (χ0) is 15.2. The summed E-state index contributed by atoms with van der Waals surface area (Å²) in [4.78, 5) is 26.0. The lowest BCUT2D eigenvalue weighted by molar-refractivity contribution is -0.137. The number of carbonyl (C=O) groups excluding carboxylic acids is 1. The molecular weight excluding hydrogens is 354 g/mol. The highest BCUT2D eigenvalue weighted by Gasteiger charge is 2.23. The van der Waals surface area contributed by atoms with Crippen LogP contribution in [0.2, 0.25) is 0 Å². The Morgan fingerprint density at radius 3 is 2.90 bits per heavy atom. The molecule has 2 rings (SSSR count). The average molecular weight is 374 g/mol. The number of aliphatic carboxylic acids is 1. The predicted molar refractivity (Wildman–Crippen MR) is 86.5 cm³/mol. The molecule has 0 radical (unpaired) electrons. The summed E-state index contributed by atoms with van der Waals surface area (Å²) in [5, 5.41) is 10.8. The van der Waals surface area contributed by atoms with Crippen LogP contribution in [0.25, 0.3) is 0 Å². The summed E-state index contributed by atoms with van der Waals surface area (Å²) in [6.07, 6.45) is 4.23. The molecule has 6 heteroatoms. The Morgan fingerprint density at radius 2 is 2.24 bits per heavy atom. The Bertz CT molecular complexity index is 503. The standard InChI is InChI=1S/C15H20BrNO3S/c16-12-8-13(21-10-12)4-5-14(18)17-7-1-2-11(9-17)3-6-15(19)20/h8,10-11H,1-7,9H2,(H,19,20). The van der Waals surface area contributed by atoms with E-state index in [0.29, 0.717) is 18.8 Å². The zero-order valence-electron chi connectivity index (χ0n) is 11.9. The Labute approximate surface area is 137 Å². The number of thiophene rings is 1. The monoisotopic (exact) mass is 373 g/mol. The van der Waals surface area contributed by atoms with Gasteiger partial charge in [-0.05, 0) is 53.6 Å². The third-order valence-corrected chi connectivity index (χ3v) is 5.60. The van der Waals surface area contributed by atoms with Crippen LogP contribution in [0.4, 0.5) is 0 Å². The number of hydrogen-bond donors (Lipinski definition) is 1. The van der Waals surface area contributed by atoms with Gasteiger partial charge in [-0.1, -0.05) is 0 Å². The quantitative estimate of drug-likeness (QED) is 0.829. The highest BCUT2D eigenvalue weighted by atomic mass is 79.9. The van der Waals surface area contributed by atoms with Gasteiger partial charge < -0.3 is 10.0 Å². The summed E-state index contributed by atoms with van der Waals surface area (Å²) in [7, 11) is 0. The highest BCUT2D eigenvalue weighted by Crippen LogP contribution is 2.23. The van der Waals surface area contributed by atoms with Gasteiger partial charge in [0.15, 0.2) is 0 Å². The molecule has 1 aliphatic heterocycles. The van der Waals surface area contributed by atoms with Crippen LogP contribution in [0.5, 0.6) is 0 Å². The van der Waals surface area contributed by atoms with Crippen molar-refractivity contribution in [2.24, 2.45) is 5.92 Å². The number of halogens is 1. The molecule has 1 amide bonds. The number of amides is 1. The van der Waals surface area contributed by atoms with E-state index >= 15 is 0 Å². The lowest BCUT2D eigenvalue weighted by Crippen LogP contribution is -2.40. The molecule has 1 unspecified atom stereocenters. The third kappa shape index (κ3) is 5.43. The van der Waals surface area contributed by atoms with Crippen molar-refractivity contribution >= 4 is 39.1 Å². The minimum absolute atomic E-state index is 0.194. The molecule has 2 heterocycles. The van der Waals surface area contributed by atoms with Crippen LogP contribution in [-0.2, 0) is 16.0 Å². The number of aryl methyl sites for hydroxylation is 1. The molecule has 116 valence electrons. The largest absolute Gasteiger partial charge is 0.481 e. The Hall–Kier alpha value is -0.880. The molecule has 0 spiro atoms. The zero-order valence-corrected chi connectivity index (χ0v) is 14.3. The Morgan fingerprint density at radius 1 is 1.43 bits per heavy atom. The minimum Gasteiger partial charge on any atom is -0.481 e. The van der Waals surface area contributed by atoms with E-state index in [1.165, 1.54) is 4.88 Å². The SMILES string of the molecule is O=C(O)CCC1CCCN(C(=O)CCc2cc(Br)cs2)C1. The van der Waals surface area contributed by atoms with Crippen LogP contribution in [0, 0.1) is 5.92 Å². The van der Waals surface area contributed by atoms with E-state index in [1.807, 2.05) is 10.3 Å². The molecule has 0 bridgehead atoms. The second-order valence-electron chi connectivity index (χ2n) is 5.51. The molecule has 1 aromatic rings. The normalized spacial score (nSPS) is 18.7. The highest BCUT2D eigenvalue weighted by molar-refractivity contribution is 9.10. The van der Waals surface area contributed by atoms with Crippen LogP contribution in [-0.4, -0.2) is 35.0 Å². The second-order valence-corrected chi connectivity index (χ2v) is 7.42. The van der Waals surface area contributed by atoms with Gasteiger partial charge in [0.25, 0.3) is 0 Å². The number of carboxylic acids is 1. The van der Waals surface area contributed by atoms with E-state index < -0.39 is 5.97 Å². The van der Waals surface area contributed by atoms with Crippen LogP contribution < -0.4 is 0 Å². The third-order valence-electron chi connectivity index (χ3n) is 3.85. The molecule has 1 saturated heterocycles. The van der Waals surface area contributed by atoms with Gasteiger partial charge in [-0.2, -0.15) is 0 Å². The van der Waals surface area contributed by atoms with Crippen LogP contribution in [0.1, 0.15) is 37.0 Å². The van der Waals surface area contributed by atoms with Crippen molar-refractivity contribution in [3.05, 3.63) is 20.8 Å². The van der Waals surface area contributed by atoms with Crippen molar-refractivity contribution in [2.75, 3.05) is 13.1 Å². The van der Waals surface area contributed by atoms with E-state index in [-0.39, 0.29) is 12.3 Å². The number of likely N-dealkylation sites (tertiary alicyclic amines) is 1. The topological polar surface area (TPSA) is 57.6 Å². The average Bonchev–Trinajstić information content (AvgIpc) is 2.88. The maximum atomic E-state index is 12.3. The molecular formula is C15H20BrNO3S. The van der Waals surface area contributed by atoms with Crippen molar-refractivity contribution in [3.63, 3.8) is 0 Å². The molecule has 1 atom stereocenters. The van der Waals surface area contributed by atoms with Crippen molar-refractivity contribution in [2.45, 2.75) is 38.5 Å². The van der Waals surface area contributed by atoms with Gasteiger partial charge in [0.1, 0.15) is 0 Å². The van der Waals surface area contributed by atoms with Crippen LogP contribution >= 0.6 is 27.3 Å². The molecule has 1 N–H and O–H groups in total. The molecule has 0 aliphatic carbocycles. The summed E-state index contributed by atoms with van der Waals surface area (Å²) in [6.45, 7) is 1.54. The lowest BCUT2D eigenvalue weighted by atomic mass is 9.93. The van der Waals surface area contributed by atoms with Gasteiger partial charge in [0, 0.05) is 40.7 Å². The molecule has 21 heavy (non-hydrogen) atoms. The smallest absolute Gasteiger partial charge is 0.303 e. The summed E-state index contributed by atoms with van der Waals surface area (Å²) >= 11 is 5.09. The summed E-state index contributed by atoms with van der Waals surface area (Å²) in [6, 6.07) is 2.06. The minimum atomic E-state index is -0.748. The van der Waals surface area contributed by atoms with Crippen molar-refractivity contribution in [3.8, 4) is 0 Å². The Balaban J connectivity index is 1.77. The molecule has 1 fully saturated rings. The summed E-state index contributed by atoms with van der Waals surface area (Å²) < 4.78 is 1.07. The van der Waals surface area contributed by atoms with Gasteiger partial charge in [0.2, 0.25) is 5.91 Å². The van der Waals surface area contributed by atoms with E-state index in [0.717, 1.165) is 36.8 Å². The van der Waals surface area contributed by atoms with Crippen molar-refractivity contribution in [1.82, 2.24) is 4.90 Å². The lowest BCUT2D eigenvalue weighted by Gasteiger charge is -2.32. The van der Waals surface area contributed by atoms with Gasteiger partial charge in [-0.25, -0.2) is 0 Å². The molecule has 0 saturated carbocycles. The fourth-order valence-corrected chi connectivity index (χ4v) is 4.18. The molecule has 4 nitrogen and oxygen atoms in total. The second kappa shape index (κ2) is 7.94. The number of piperidine rings is 1. The number of rotatable bonds is 6. The number of nitrogens with zero attached hydrogens (tertiary/aromatic N) is 1. The van der Waals surface area contributed by atoms with E-state index in [1.54, 1.807) is 11.3 Å². The first-order valence-corrected chi connectivity index (χ1v) is 8.94. The van der Waals surface area contributed by atoms with Crippen molar-refractivity contribution < 1.29 is 14.7 Å². The van der Waals surface area contributed by atoms with E-state index in [9.17, 15) is 9.59 Å². The van der Waals surface area contributed by atoms with Crippen molar-refractivity contribution in [1.29, 1.82) is 0 Å². The van der Waals surface area contributed by atoms with Crippen LogP contribution in [0.15, 0.2) is 15.9 Å².